The van der Waals surface area contributed by atoms with E-state index in [1.54, 1.807) is 11.8 Å². The van der Waals surface area contributed by atoms with E-state index in [0.717, 1.165) is 46.7 Å². The summed E-state index contributed by atoms with van der Waals surface area (Å²) >= 11 is 5.22. The lowest BCUT2D eigenvalue weighted by Gasteiger charge is -2.29. The van der Waals surface area contributed by atoms with Crippen LogP contribution in [0.15, 0.2) is 33.9 Å². The molecule has 2 aliphatic rings. The Morgan fingerprint density at radius 2 is 2.14 bits per heavy atom. The Balaban J connectivity index is 1.55. The number of nitrogens with zero attached hydrogens (tertiary/aromatic N) is 4. The Labute approximate surface area is 142 Å². The minimum absolute atomic E-state index is 0.384. The van der Waals surface area contributed by atoms with Gasteiger partial charge in [0, 0.05) is 23.2 Å². The molecule has 1 saturated heterocycles. The van der Waals surface area contributed by atoms with Gasteiger partial charge in [0.15, 0.2) is 11.0 Å². The first-order valence-corrected chi connectivity index (χ1v) is 9.23. The predicted octanol–water partition coefficient (Wildman–Crippen LogP) is 3.21. The summed E-state index contributed by atoms with van der Waals surface area (Å²) in [6.07, 6.45) is 2.75. The zero-order chi connectivity index (χ0) is 14.9. The molecular weight excluding hydrogens is 364 g/mol. The summed E-state index contributed by atoms with van der Waals surface area (Å²) in [6, 6.07) is 8.23. The molecule has 1 fully saturated rings. The maximum Gasteiger partial charge on any atom is 0.193 e. The van der Waals surface area contributed by atoms with Gasteiger partial charge in [0.2, 0.25) is 0 Å². The van der Waals surface area contributed by atoms with Crippen molar-refractivity contribution in [2.75, 3.05) is 19.0 Å². The van der Waals surface area contributed by atoms with Gasteiger partial charge in [0.1, 0.15) is 0 Å². The van der Waals surface area contributed by atoms with E-state index in [1.807, 2.05) is 12.1 Å². The van der Waals surface area contributed by atoms with Crippen LogP contribution >= 0.6 is 27.7 Å². The van der Waals surface area contributed by atoms with E-state index >= 15 is 0 Å². The molecule has 0 N–H and O–H groups in total. The highest BCUT2D eigenvalue weighted by Gasteiger charge is 2.25. The van der Waals surface area contributed by atoms with Gasteiger partial charge in [0.05, 0.1) is 18.6 Å². The highest BCUT2D eigenvalue weighted by Crippen LogP contribution is 2.30. The second-order valence-corrected chi connectivity index (χ2v) is 7.47. The maximum absolute atomic E-state index is 5.76. The standard InChI is InChI=1S/C15H17BrN4OS/c16-12-5-3-11(4-6-12)14-17-18-15-20(14)9-19(10-22-15)8-13-2-1-7-21-13/h3-6,13H,1-2,7-10H2. The quantitative estimate of drug-likeness (QED) is 0.817. The van der Waals surface area contributed by atoms with Gasteiger partial charge in [-0.2, -0.15) is 0 Å². The zero-order valence-corrected chi connectivity index (χ0v) is 14.5. The number of fused-ring (bicyclic) bond motifs is 1. The summed E-state index contributed by atoms with van der Waals surface area (Å²) in [5.41, 5.74) is 1.10. The predicted molar refractivity (Wildman–Crippen MR) is 89.6 cm³/mol. The number of hydrogen-bond acceptors (Lipinski definition) is 5. The molecular formula is C15H17BrN4OS. The summed E-state index contributed by atoms with van der Waals surface area (Å²) in [5.74, 6) is 1.89. The van der Waals surface area contributed by atoms with E-state index in [9.17, 15) is 0 Å². The molecule has 3 heterocycles. The van der Waals surface area contributed by atoms with Crippen molar-refractivity contribution in [3.8, 4) is 11.4 Å². The number of rotatable bonds is 3. The highest BCUT2D eigenvalue weighted by atomic mass is 79.9. The van der Waals surface area contributed by atoms with E-state index in [2.05, 4.69) is 47.7 Å². The second kappa shape index (κ2) is 6.31. The summed E-state index contributed by atoms with van der Waals surface area (Å²) in [4.78, 5) is 2.42. The number of halogens is 1. The molecule has 1 unspecified atom stereocenters. The van der Waals surface area contributed by atoms with Crippen LogP contribution in [0.25, 0.3) is 11.4 Å². The lowest BCUT2D eigenvalue weighted by atomic mass is 10.2. The van der Waals surface area contributed by atoms with E-state index in [0.29, 0.717) is 6.10 Å². The third-order valence-corrected chi connectivity index (χ3v) is 5.61. The SMILES string of the molecule is Brc1ccc(-c2nnc3n2CN(CC2CCCO2)CS3)cc1. The van der Waals surface area contributed by atoms with E-state index in [1.165, 1.54) is 12.8 Å². The average molecular weight is 381 g/mol. The number of thioether (sulfide) groups is 1. The van der Waals surface area contributed by atoms with Crippen LogP contribution < -0.4 is 0 Å². The minimum atomic E-state index is 0.384. The van der Waals surface area contributed by atoms with Crippen molar-refractivity contribution in [3.63, 3.8) is 0 Å². The number of benzene rings is 1. The first kappa shape index (κ1) is 14.7. The van der Waals surface area contributed by atoms with Crippen LogP contribution in [-0.4, -0.2) is 44.8 Å². The van der Waals surface area contributed by atoms with Gasteiger partial charge in [-0.05, 0) is 25.0 Å². The normalized spacial score (nSPS) is 22.0. The molecule has 0 spiro atoms. The van der Waals surface area contributed by atoms with Crippen LogP contribution in [0.2, 0.25) is 0 Å². The molecule has 116 valence electrons. The Hall–Kier alpha value is -0.890. The molecule has 1 aromatic carbocycles. The summed E-state index contributed by atoms with van der Waals surface area (Å²) in [6.45, 7) is 2.73. The molecule has 0 radical (unpaired) electrons. The summed E-state index contributed by atoms with van der Waals surface area (Å²) in [5, 5.41) is 9.71. The van der Waals surface area contributed by atoms with Crippen LogP contribution in [0, 0.1) is 0 Å². The molecule has 1 atom stereocenters. The lowest BCUT2D eigenvalue weighted by molar-refractivity contribution is 0.0677. The molecule has 2 aliphatic heterocycles. The van der Waals surface area contributed by atoms with Crippen LogP contribution in [-0.2, 0) is 11.4 Å². The van der Waals surface area contributed by atoms with Gasteiger partial charge in [-0.15, -0.1) is 10.2 Å². The van der Waals surface area contributed by atoms with Gasteiger partial charge in [-0.3, -0.25) is 9.47 Å². The van der Waals surface area contributed by atoms with Crippen molar-refractivity contribution >= 4 is 27.7 Å². The van der Waals surface area contributed by atoms with Crippen LogP contribution in [0.3, 0.4) is 0 Å². The monoisotopic (exact) mass is 380 g/mol. The topological polar surface area (TPSA) is 43.2 Å². The van der Waals surface area contributed by atoms with Gasteiger partial charge in [-0.25, -0.2) is 0 Å². The van der Waals surface area contributed by atoms with Crippen LogP contribution in [0.4, 0.5) is 0 Å². The number of aromatic nitrogens is 3. The van der Waals surface area contributed by atoms with Gasteiger partial charge in [0.25, 0.3) is 0 Å². The zero-order valence-electron chi connectivity index (χ0n) is 12.1. The molecule has 0 aliphatic carbocycles. The molecule has 4 rings (SSSR count). The van der Waals surface area contributed by atoms with E-state index < -0.39 is 0 Å². The van der Waals surface area contributed by atoms with Crippen molar-refractivity contribution in [2.45, 2.75) is 30.8 Å². The fraction of sp³-hybridized carbons (Fsp3) is 0.467. The van der Waals surface area contributed by atoms with Gasteiger partial charge < -0.3 is 4.74 Å². The Morgan fingerprint density at radius 1 is 1.27 bits per heavy atom. The molecule has 22 heavy (non-hydrogen) atoms. The Morgan fingerprint density at radius 3 is 2.91 bits per heavy atom. The third kappa shape index (κ3) is 2.95. The van der Waals surface area contributed by atoms with E-state index in [4.69, 9.17) is 4.74 Å². The van der Waals surface area contributed by atoms with Crippen molar-refractivity contribution in [1.29, 1.82) is 0 Å². The van der Waals surface area contributed by atoms with Crippen molar-refractivity contribution in [1.82, 2.24) is 19.7 Å². The Bertz CT molecular complexity index is 654. The molecule has 7 heteroatoms. The highest BCUT2D eigenvalue weighted by molar-refractivity contribution is 9.10. The average Bonchev–Trinajstić information content (AvgIpc) is 3.17. The van der Waals surface area contributed by atoms with Gasteiger partial charge >= 0.3 is 0 Å². The summed E-state index contributed by atoms with van der Waals surface area (Å²) in [7, 11) is 0. The molecule has 2 aromatic rings. The first-order valence-electron chi connectivity index (χ1n) is 7.45. The first-order chi connectivity index (χ1) is 10.8. The number of ether oxygens (including phenoxy) is 1. The van der Waals surface area contributed by atoms with Crippen LogP contribution in [0.1, 0.15) is 12.8 Å². The lowest BCUT2D eigenvalue weighted by Crippen LogP contribution is -2.36. The molecule has 5 nitrogen and oxygen atoms in total. The minimum Gasteiger partial charge on any atom is -0.377 e. The van der Waals surface area contributed by atoms with Gasteiger partial charge in [-0.1, -0.05) is 39.8 Å². The van der Waals surface area contributed by atoms with Crippen molar-refractivity contribution < 1.29 is 4.74 Å². The van der Waals surface area contributed by atoms with Crippen molar-refractivity contribution in [2.24, 2.45) is 0 Å². The largest absolute Gasteiger partial charge is 0.377 e. The van der Waals surface area contributed by atoms with E-state index in [-0.39, 0.29) is 0 Å². The fourth-order valence-electron chi connectivity index (χ4n) is 2.91. The molecule has 0 saturated carbocycles. The molecule has 0 bridgehead atoms. The number of hydrogen-bond donors (Lipinski definition) is 0. The van der Waals surface area contributed by atoms with Crippen molar-refractivity contribution in [3.05, 3.63) is 28.7 Å². The summed E-state index contributed by atoms with van der Waals surface area (Å²) < 4.78 is 9.03. The molecule has 1 aromatic heterocycles. The van der Waals surface area contributed by atoms with Crippen LogP contribution in [0.5, 0.6) is 0 Å². The Kier molecular flexibility index (Phi) is 4.21. The second-order valence-electron chi connectivity index (χ2n) is 5.64. The molecule has 0 amide bonds. The smallest absolute Gasteiger partial charge is 0.193 e. The third-order valence-electron chi connectivity index (χ3n) is 4.02. The maximum atomic E-state index is 5.76. The fourth-order valence-corrected chi connectivity index (χ4v) is 4.06.